The van der Waals surface area contributed by atoms with Crippen molar-refractivity contribution in [3.63, 3.8) is 0 Å². The van der Waals surface area contributed by atoms with Gasteiger partial charge in [0.15, 0.2) is 0 Å². The number of amides is 1. The van der Waals surface area contributed by atoms with E-state index in [2.05, 4.69) is 5.84 Å². The Morgan fingerprint density at radius 1 is 1.44 bits per heavy atom. The maximum atomic E-state index is 13.0. The lowest BCUT2D eigenvalue weighted by Crippen LogP contribution is -2.41. The van der Waals surface area contributed by atoms with Crippen molar-refractivity contribution in [3.05, 3.63) is 34.9 Å². The van der Waals surface area contributed by atoms with Crippen molar-refractivity contribution in [2.75, 3.05) is 0 Å². The highest BCUT2D eigenvalue weighted by Gasteiger charge is 2.38. The largest absolute Gasteiger partial charge is 0.372 e. The minimum absolute atomic E-state index is 0.00239. The normalized spacial score (nSPS) is 11.2. The maximum Gasteiger partial charge on any atom is 0.372 e. The third-order valence-electron chi connectivity index (χ3n) is 1.73. The molecule has 0 aliphatic rings. The predicted molar refractivity (Wildman–Crippen MR) is 60.0 cm³/mol. The van der Waals surface area contributed by atoms with Crippen LogP contribution < -0.4 is 11.3 Å². The first-order chi connectivity index (χ1) is 7.45. The SMILES string of the molecule is NNC(=O)C(F)(F)SCc1ccc(Cl)cc1. The first-order valence-electron chi connectivity index (χ1n) is 4.23. The highest BCUT2D eigenvalue weighted by atomic mass is 35.5. The number of nitrogens with one attached hydrogen (secondary N) is 1. The van der Waals surface area contributed by atoms with E-state index in [1.807, 2.05) is 0 Å². The summed E-state index contributed by atoms with van der Waals surface area (Å²) < 4.78 is 26.1. The fraction of sp³-hybridized carbons (Fsp3) is 0.222. The number of alkyl halides is 2. The molecule has 7 heteroatoms. The Labute approximate surface area is 100 Å². The number of carbonyl (C=O) groups is 1. The first kappa shape index (κ1) is 13.2. The van der Waals surface area contributed by atoms with E-state index in [1.54, 1.807) is 24.3 Å². The van der Waals surface area contributed by atoms with Crippen LogP contribution in [-0.2, 0) is 10.5 Å². The molecular formula is C9H9ClF2N2OS. The predicted octanol–water partition coefficient (Wildman–Crippen LogP) is 2.16. The fourth-order valence-electron chi connectivity index (χ4n) is 0.904. The molecule has 3 N–H and O–H groups in total. The molecule has 16 heavy (non-hydrogen) atoms. The average Bonchev–Trinajstić information content (AvgIpc) is 2.27. The van der Waals surface area contributed by atoms with E-state index in [0.717, 1.165) is 0 Å². The zero-order chi connectivity index (χ0) is 12.2. The van der Waals surface area contributed by atoms with Gasteiger partial charge in [-0.1, -0.05) is 35.5 Å². The summed E-state index contributed by atoms with van der Waals surface area (Å²) >= 11 is 5.84. The van der Waals surface area contributed by atoms with Crippen LogP contribution in [-0.4, -0.2) is 11.2 Å². The minimum Gasteiger partial charge on any atom is -0.288 e. The van der Waals surface area contributed by atoms with Crippen LogP contribution in [0.25, 0.3) is 0 Å². The lowest BCUT2D eigenvalue weighted by Gasteiger charge is -2.13. The molecule has 3 nitrogen and oxygen atoms in total. The van der Waals surface area contributed by atoms with E-state index in [-0.39, 0.29) is 17.5 Å². The Morgan fingerprint density at radius 3 is 2.50 bits per heavy atom. The van der Waals surface area contributed by atoms with E-state index < -0.39 is 11.2 Å². The Morgan fingerprint density at radius 2 is 2.00 bits per heavy atom. The number of thioether (sulfide) groups is 1. The van der Waals surface area contributed by atoms with Crippen LogP contribution in [0.4, 0.5) is 8.78 Å². The molecule has 0 bridgehead atoms. The van der Waals surface area contributed by atoms with Gasteiger partial charge in [0, 0.05) is 10.8 Å². The van der Waals surface area contributed by atoms with Gasteiger partial charge in [-0.05, 0) is 17.7 Å². The van der Waals surface area contributed by atoms with Gasteiger partial charge in [0.1, 0.15) is 0 Å². The van der Waals surface area contributed by atoms with Crippen LogP contribution in [0, 0.1) is 0 Å². The number of carbonyl (C=O) groups excluding carboxylic acids is 1. The van der Waals surface area contributed by atoms with Gasteiger partial charge in [-0.2, -0.15) is 8.78 Å². The Bertz CT molecular complexity index is 372. The second-order valence-corrected chi connectivity index (χ2v) is 4.43. The van der Waals surface area contributed by atoms with Crippen molar-refractivity contribution in [2.45, 2.75) is 11.0 Å². The van der Waals surface area contributed by atoms with Crippen molar-refractivity contribution in [2.24, 2.45) is 5.84 Å². The molecule has 0 atom stereocenters. The summed E-state index contributed by atoms with van der Waals surface area (Å²) in [6.07, 6.45) is 0. The Balaban J connectivity index is 2.57. The van der Waals surface area contributed by atoms with Crippen molar-refractivity contribution < 1.29 is 13.6 Å². The molecule has 0 aliphatic heterocycles. The number of halogens is 3. The van der Waals surface area contributed by atoms with Gasteiger partial charge in [-0.15, -0.1) is 0 Å². The highest BCUT2D eigenvalue weighted by Crippen LogP contribution is 2.32. The zero-order valence-corrected chi connectivity index (χ0v) is 9.62. The molecule has 1 amide bonds. The van der Waals surface area contributed by atoms with Gasteiger partial charge in [0.2, 0.25) is 0 Å². The second-order valence-electron chi connectivity index (χ2n) is 2.91. The van der Waals surface area contributed by atoms with Gasteiger partial charge in [-0.25, -0.2) is 5.84 Å². The van der Waals surface area contributed by atoms with Crippen molar-refractivity contribution in [3.8, 4) is 0 Å². The summed E-state index contributed by atoms with van der Waals surface area (Å²) in [7, 11) is 0. The third kappa shape index (κ3) is 3.62. The molecule has 0 unspecified atom stereocenters. The first-order valence-corrected chi connectivity index (χ1v) is 5.59. The number of hydrazine groups is 1. The molecule has 1 rings (SSSR count). The molecule has 0 spiro atoms. The molecule has 88 valence electrons. The van der Waals surface area contributed by atoms with Crippen LogP contribution in [0.3, 0.4) is 0 Å². The molecule has 0 aliphatic carbocycles. The second kappa shape index (κ2) is 5.47. The number of rotatable bonds is 4. The van der Waals surface area contributed by atoms with E-state index >= 15 is 0 Å². The number of benzene rings is 1. The molecule has 0 radical (unpaired) electrons. The average molecular weight is 267 g/mol. The van der Waals surface area contributed by atoms with Gasteiger partial charge >= 0.3 is 11.2 Å². The smallest absolute Gasteiger partial charge is 0.288 e. The van der Waals surface area contributed by atoms with Crippen LogP contribution in [0.15, 0.2) is 24.3 Å². The summed E-state index contributed by atoms with van der Waals surface area (Å²) in [6.45, 7) is 0. The molecule has 1 aromatic rings. The quantitative estimate of drug-likeness (QED) is 0.499. The highest BCUT2D eigenvalue weighted by molar-refractivity contribution is 8.00. The van der Waals surface area contributed by atoms with Gasteiger partial charge in [0.25, 0.3) is 0 Å². The number of hydrogen-bond donors (Lipinski definition) is 2. The van der Waals surface area contributed by atoms with E-state index in [4.69, 9.17) is 11.6 Å². The monoisotopic (exact) mass is 266 g/mol. The Kier molecular flexibility index (Phi) is 4.52. The van der Waals surface area contributed by atoms with Crippen LogP contribution >= 0.6 is 23.4 Å². The van der Waals surface area contributed by atoms with Crippen LogP contribution in [0.2, 0.25) is 5.02 Å². The number of nitrogens with two attached hydrogens (primary N) is 1. The van der Waals surface area contributed by atoms with Crippen LogP contribution in [0.1, 0.15) is 5.56 Å². The molecule has 0 heterocycles. The van der Waals surface area contributed by atoms with E-state index in [1.165, 1.54) is 5.43 Å². The van der Waals surface area contributed by atoms with Crippen LogP contribution in [0.5, 0.6) is 0 Å². The minimum atomic E-state index is -3.53. The molecule has 0 saturated heterocycles. The summed E-state index contributed by atoms with van der Waals surface area (Å²) in [5.41, 5.74) is 2.07. The van der Waals surface area contributed by atoms with Crippen molar-refractivity contribution in [1.29, 1.82) is 0 Å². The van der Waals surface area contributed by atoms with Crippen molar-refractivity contribution >= 4 is 29.3 Å². The maximum absolute atomic E-state index is 13.0. The third-order valence-corrected chi connectivity index (χ3v) is 3.01. The summed E-state index contributed by atoms with van der Waals surface area (Å²) in [5, 5.41) is -3.01. The Hall–Kier alpha value is -0.850. The topological polar surface area (TPSA) is 55.1 Å². The standard InChI is InChI=1S/C9H9ClF2N2OS/c10-7-3-1-6(2-4-7)5-16-9(11,12)8(15)14-13/h1-4H,5,13H2,(H,14,15). The summed E-state index contributed by atoms with van der Waals surface area (Å²) in [6, 6.07) is 6.43. The lowest BCUT2D eigenvalue weighted by molar-refractivity contribution is -0.134. The molecular weight excluding hydrogens is 258 g/mol. The van der Waals surface area contributed by atoms with Gasteiger partial charge in [0.05, 0.1) is 0 Å². The molecule has 0 aromatic heterocycles. The van der Waals surface area contributed by atoms with Gasteiger partial charge < -0.3 is 0 Å². The zero-order valence-electron chi connectivity index (χ0n) is 8.04. The molecule has 1 aromatic carbocycles. The summed E-state index contributed by atoms with van der Waals surface area (Å²) in [5.74, 6) is 3.13. The van der Waals surface area contributed by atoms with E-state index in [0.29, 0.717) is 10.6 Å². The lowest BCUT2D eigenvalue weighted by atomic mass is 10.2. The molecule has 0 saturated carbocycles. The molecule has 0 fully saturated rings. The number of hydrogen-bond acceptors (Lipinski definition) is 3. The van der Waals surface area contributed by atoms with Crippen molar-refractivity contribution in [1.82, 2.24) is 5.43 Å². The fourth-order valence-corrected chi connectivity index (χ4v) is 1.76. The summed E-state index contributed by atoms with van der Waals surface area (Å²) in [4.78, 5) is 10.7. The van der Waals surface area contributed by atoms with E-state index in [9.17, 15) is 13.6 Å². The van der Waals surface area contributed by atoms with Gasteiger partial charge in [-0.3, -0.25) is 10.2 Å².